The number of anilines is 1. The van der Waals surface area contributed by atoms with Gasteiger partial charge in [0.25, 0.3) is 0 Å². The first-order valence-corrected chi connectivity index (χ1v) is 6.31. The fourth-order valence-electron chi connectivity index (χ4n) is 2.49. The molecule has 1 aromatic carbocycles. The minimum absolute atomic E-state index is 0.735. The van der Waals surface area contributed by atoms with Crippen LogP contribution < -0.4 is 11.1 Å². The van der Waals surface area contributed by atoms with Crippen LogP contribution in [0.25, 0.3) is 10.9 Å². The molecule has 90 valence electrons. The van der Waals surface area contributed by atoms with Crippen molar-refractivity contribution in [1.29, 1.82) is 0 Å². The Morgan fingerprint density at radius 2 is 2.24 bits per heavy atom. The van der Waals surface area contributed by atoms with Gasteiger partial charge in [0, 0.05) is 36.9 Å². The van der Waals surface area contributed by atoms with Crippen molar-refractivity contribution in [2.75, 3.05) is 5.73 Å². The van der Waals surface area contributed by atoms with E-state index < -0.39 is 0 Å². The second kappa shape index (κ2) is 4.08. The summed E-state index contributed by atoms with van der Waals surface area (Å²) < 4.78 is 2.16. The van der Waals surface area contributed by atoms with Gasteiger partial charge in [0.05, 0.1) is 5.52 Å². The second-order valence-corrected chi connectivity index (χ2v) is 5.05. The first-order valence-electron chi connectivity index (χ1n) is 6.31. The number of nitrogens with two attached hydrogens (primary N) is 1. The fourth-order valence-corrected chi connectivity index (χ4v) is 2.49. The summed E-state index contributed by atoms with van der Waals surface area (Å²) >= 11 is 0. The SMILES string of the molecule is Cn1cc(CNC2CCC2)c2ccc(N)cc21. The molecule has 0 saturated heterocycles. The zero-order valence-corrected chi connectivity index (χ0v) is 10.2. The number of hydrogen-bond acceptors (Lipinski definition) is 2. The van der Waals surface area contributed by atoms with Crippen LogP contribution in [0.3, 0.4) is 0 Å². The number of hydrogen-bond donors (Lipinski definition) is 2. The van der Waals surface area contributed by atoms with E-state index in [0.717, 1.165) is 18.3 Å². The molecular weight excluding hydrogens is 210 g/mol. The highest BCUT2D eigenvalue weighted by Gasteiger charge is 2.17. The number of rotatable bonds is 3. The summed E-state index contributed by atoms with van der Waals surface area (Å²) in [5.41, 5.74) is 9.24. The van der Waals surface area contributed by atoms with E-state index in [2.05, 4.69) is 29.2 Å². The van der Waals surface area contributed by atoms with E-state index >= 15 is 0 Å². The fraction of sp³-hybridized carbons (Fsp3) is 0.429. The van der Waals surface area contributed by atoms with Crippen LogP contribution in [0.15, 0.2) is 24.4 Å². The molecule has 0 unspecified atom stereocenters. The van der Waals surface area contributed by atoms with Crippen LogP contribution in [0.4, 0.5) is 5.69 Å². The summed E-state index contributed by atoms with van der Waals surface area (Å²) in [7, 11) is 2.08. The summed E-state index contributed by atoms with van der Waals surface area (Å²) in [6, 6.07) is 6.89. The lowest BCUT2D eigenvalue weighted by Gasteiger charge is -2.26. The van der Waals surface area contributed by atoms with E-state index in [9.17, 15) is 0 Å². The molecule has 3 N–H and O–H groups in total. The summed E-state index contributed by atoms with van der Waals surface area (Å²) in [5.74, 6) is 0. The second-order valence-electron chi connectivity index (χ2n) is 5.05. The monoisotopic (exact) mass is 229 g/mol. The zero-order valence-electron chi connectivity index (χ0n) is 10.2. The van der Waals surface area contributed by atoms with Crippen molar-refractivity contribution in [1.82, 2.24) is 9.88 Å². The quantitative estimate of drug-likeness (QED) is 0.794. The molecule has 0 atom stereocenters. The van der Waals surface area contributed by atoms with Crippen molar-refractivity contribution in [3.63, 3.8) is 0 Å². The van der Waals surface area contributed by atoms with Gasteiger partial charge in [-0.15, -0.1) is 0 Å². The van der Waals surface area contributed by atoms with Gasteiger partial charge in [0.1, 0.15) is 0 Å². The van der Waals surface area contributed by atoms with Crippen LogP contribution in [-0.4, -0.2) is 10.6 Å². The minimum atomic E-state index is 0.735. The van der Waals surface area contributed by atoms with Gasteiger partial charge in [0.2, 0.25) is 0 Å². The van der Waals surface area contributed by atoms with Gasteiger partial charge >= 0.3 is 0 Å². The van der Waals surface area contributed by atoms with Crippen LogP contribution in [0.1, 0.15) is 24.8 Å². The third-order valence-corrected chi connectivity index (χ3v) is 3.78. The predicted octanol–water partition coefficient (Wildman–Crippen LogP) is 2.40. The van der Waals surface area contributed by atoms with Crippen molar-refractivity contribution in [3.05, 3.63) is 30.0 Å². The van der Waals surface area contributed by atoms with Gasteiger partial charge < -0.3 is 15.6 Å². The predicted molar refractivity (Wildman–Crippen MR) is 71.8 cm³/mol. The molecule has 0 radical (unpaired) electrons. The van der Waals surface area contributed by atoms with Crippen molar-refractivity contribution in [2.24, 2.45) is 7.05 Å². The average Bonchev–Trinajstić information content (AvgIpc) is 2.54. The number of aryl methyl sites for hydroxylation is 1. The molecule has 0 bridgehead atoms. The molecule has 1 heterocycles. The molecule has 0 aliphatic heterocycles. The third kappa shape index (κ3) is 1.91. The van der Waals surface area contributed by atoms with Crippen molar-refractivity contribution >= 4 is 16.6 Å². The standard InChI is InChI=1S/C14H19N3/c1-17-9-10(8-16-12-3-2-4-12)13-6-5-11(15)7-14(13)17/h5-7,9,12,16H,2-4,8,15H2,1H3. The van der Waals surface area contributed by atoms with Gasteiger partial charge in [-0.3, -0.25) is 0 Å². The highest BCUT2D eigenvalue weighted by Crippen LogP contribution is 2.24. The molecule has 2 aromatic rings. The Kier molecular flexibility index (Phi) is 2.56. The normalized spacial score (nSPS) is 16.3. The zero-order chi connectivity index (χ0) is 11.8. The van der Waals surface area contributed by atoms with Crippen LogP contribution in [0.5, 0.6) is 0 Å². The Hall–Kier alpha value is -1.48. The molecule has 3 nitrogen and oxygen atoms in total. The van der Waals surface area contributed by atoms with Crippen LogP contribution in [0.2, 0.25) is 0 Å². The smallest absolute Gasteiger partial charge is 0.0501 e. The van der Waals surface area contributed by atoms with Gasteiger partial charge in [-0.25, -0.2) is 0 Å². The number of aromatic nitrogens is 1. The molecule has 0 spiro atoms. The van der Waals surface area contributed by atoms with E-state index in [1.807, 2.05) is 12.1 Å². The average molecular weight is 229 g/mol. The summed E-state index contributed by atoms with van der Waals surface area (Å²) in [6.07, 6.45) is 6.24. The Labute approximate surface area is 102 Å². The first-order chi connectivity index (χ1) is 8.24. The van der Waals surface area contributed by atoms with E-state index in [4.69, 9.17) is 5.73 Å². The molecular formula is C14H19N3. The number of nitrogens with zero attached hydrogens (tertiary/aromatic N) is 1. The molecule has 3 rings (SSSR count). The molecule has 0 amide bonds. The van der Waals surface area contributed by atoms with E-state index in [1.165, 1.54) is 35.7 Å². The largest absolute Gasteiger partial charge is 0.399 e. The summed E-state index contributed by atoms with van der Waals surface area (Å²) in [4.78, 5) is 0. The lowest BCUT2D eigenvalue weighted by atomic mass is 9.93. The molecule has 1 aromatic heterocycles. The minimum Gasteiger partial charge on any atom is -0.399 e. The topological polar surface area (TPSA) is 43.0 Å². The van der Waals surface area contributed by atoms with Crippen molar-refractivity contribution < 1.29 is 0 Å². The number of benzene rings is 1. The Morgan fingerprint density at radius 1 is 1.41 bits per heavy atom. The highest BCUT2D eigenvalue weighted by molar-refractivity contribution is 5.86. The Bertz CT molecular complexity index is 538. The van der Waals surface area contributed by atoms with Crippen molar-refractivity contribution in [3.8, 4) is 0 Å². The summed E-state index contributed by atoms with van der Waals surface area (Å²) in [6.45, 7) is 0.964. The van der Waals surface area contributed by atoms with Crippen LogP contribution in [-0.2, 0) is 13.6 Å². The van der Waals surface area contributed by atoms with E-state index in [0.29, 0.717) is 0 Å². The molecule has 1 aliphatic rings. The maximum absolute atomic E-state index is 5.83. The molecule has 1 aliphatic carbocycles. The van der Waals surface area contributed by atoms with Crippen molar-refractivity contribution in [2.45, 2.75) is 31.8 Å². The third-order valence-electron chi connectivity index (χ3n) is 3.78. The summed E-state index contributed by atoms with van der Waals surface area (Å²) in [5, 5.41) is 4.92. The van der Waals surface area contributed by atoms with Gasteiger partial charge in [-0.2, -0.15) is 0 Å². The molecule has 3 heteroatoms. The van der Waals surface area contributed by atoms with Gasteiger partial charge in [-0.05, 0) is 30.5 Å². The number of nitrogen functional groups attached to an aromatic ring is 1. The Morgan fingerprint density at radius 3 is 2.94 bits per heavy atom. The molecule has 1 fully saturated rings. The van der Waals surface area contributed by atoms with Crippen LogP contribution >= 0.6 is 0 Å². The lowest BCUT2D eigenvalue weighted by molar-refractivity contribution is 0.338. The van der Waals surface area contributed by atoms with Crippen LogP contribution in [0, 0.1) is 0 Å². The lowest BCUT2D eigenvalue weighted by Crippen LogP contribution is -2.34. The van der Waals surface area contributed by atoms with E-state index in [1.54, 1.807) is 0 Å². The number of nitrogens with one attached hydrogen (secondary N) is 1. The highest BCUT2D eigenvalue weighted by atomic mass is 15.0. The molecule has 17 heavy (non-hydrogen) atoms. The van der Waals surface area contributed by atoms with Gasteiger partial charge in [-0.1, -0.05) is 12.5 Å². The first kappa shape index (κ1) is 10.7. The number of fused-ring (bicyclic) bond motifs is 1. The maximum atomic E-state index is 5.83. The maximum Gasteiger partial charge on any atom is 0.0501 e. The van der Waals surface area contributed by atoms with E-state index in [-0.39, 0.29) is 0 Å². The van der Waals surface area contributed by atoms with Gasteiger partial charge in [0.15, 0.2) is 0 Å². The Balaban J connectivity index is 1.88. The molecule has 1 saturated carbocycles.